The minimum absolute atomic E-state index is 0.201. The number of benzene rings is 1. The molecule has 1 aromatic heterocycles. The predicted molar refractivity (Wildman–Crippen MR) is 161 cm³/mol. The molecule has 210 valence electrons. The van der Waals surface area contributed by atoms with E-state index in [1.54, 1.807) is 0 Å². The Labute approximate surface area is 238 Å². The van der Waals surface area contributed by atoms with Crippen molar-refractivity contribution in [2.75, 3.05) is 23.3 Å². The minimum Gasteiger partial charge on any atom is -0.324 e. The van der Waals surface area contributed by atoms with E-state index < -0.39 is 5.41 Å². The Kier molecular flexibility index (Phi) is 7.20. The zero-order chi connectivity index (χ0) is 27.4. The van der Waals surface area contributed by atoms with E-state index in [-0.39, 0.29) is 11.9 Å². The quantitative estimate of drug-likeness (QED) is 0.415. The summed E-state index contributed by atoms with van der Waals surface area (Å²) >= 11 is 2.05. The first-order valence-corrected chi connectivity index (χ1v) is 16.0. The number of carbonyl (C=O) groups excluding carboxylic acids is 1. The van der Waals surface area contributed by atoms with Crippen molar-refractivity contribution in [1.29, 1.82) is 0 Å². The maximum atomic E-state index is 13.5. The number of thioether (sulfide) groups is 1. The summed E-state index contributed by atoms with van der Waals surface area (Å²) in [5.41, 5.74) is 3.50. The van der Waals surface area contributed by atoms with Crippen molar-refractivity contribution in [3.05, 3.63) is 35.5 Å². The van der Waals surface area contributed by atoms with Gasteiger partial charge in [0.05, 0.1) is 0 Å². The molecule has 0 bridgehead atoms. The van der Waals surface area contributed by atoms with E-state index in [1.165, 1.54) is 62.1 Å². The number of rotatable bonds is 6. The van der Waals surface area contributed by atoms with Crippen molar-refractivity contribution in [2.45, 2.75) is 115 Å². The molecule has 7 heteroatoms. The van der Waals surface area contributed by atoms with Gasteiger partial charge in [0.25, 0.3) is 0 Å². The first-order valence-electron chi connectivity index (χ1n) is 15.1. The van der Waals surface area contributed by atoms with Gasteiger partial charge in [-0.1, -0.05) is 26.7 Å². The van der Waals surface area contributed by atoms with Crippen LogP contribution in [0.4, 0.5) is 17.5 Å². The van der Waals surface area contributed by atoms with Crippen LogP contribution < -0.4 is 10.2 Å². The van der Waals surface area contributed by atoms with E-state index in [1.807, 2.05) is 24.9 Å². The van der Waals surface area contributed by atoms with Crippen molar-refractivity contribution in [1.82, 2.24) is 14.9 Å². The summed E-state index contributed by atoms with van der Waals surface area (Å²) in [4.78, 5) is 29.0. The molecule has 1 saturated heterocycles. The van der Waals surface area contributed by atoms with E-state index in [4.69, 9.17) is 4.98 Å². The minimum atomic E-state index is -0.413. The fraction of sp³-hybridized carbons (Fsp3) is 0.656. The standard InChI is InChI=1S/C32H45N5OS/c1-21(2)36-14-12-32(13-15-36)18-26(19-32)39-25-10-11-27(22(3)16-25)34-30-33-20-23-17-31(4,5)29(38)37(28(23)35-30)24-8-6-7-9-24/h10-11,16,20-21,24,26H,6-9,12-15,17-19H2,1-5H3,(H,33,34,35). The van der Waals surface area contributed by atoms with E-state index >= 15 is 0 Å². The van der Waals surface area contributed by atoms with Crippen molar-refractivity contribution < 1.29 is 4.79 Å². The van der Waals surface area contributed by atoms with Gasteiger partial charge in [-0.25, -0.2) is 4.98 Å². The number of hydrogen-bond donors (Lipinski definition) is 1. The third kappa shape index (κ3) is 5.33. The van der Waals surface area contributed by atoms with Gasteiger partial charge in [0.15, 0.2) is 0 Å². The molecule has 2 aromatic rings. The molecule has 0 atom stereocenters. The van der Waals surface area contributed by atoms with Gasteiger partial charge in [-0.15, -0.1) is 11.8 Å². The molecule has 2 aliphatic carbocycles. The van der Waals surface area contributed by atoms with Crippen molar-refractivity contribution in [2.24, 2.45) is 10.8 Å². The third-order valence-corrected chi connectivity index (χ3v) is 11.0. The summed E-state index contributed by atoms with van der Waals surface area (Å²) in [7, 11) is 0. The SMILES string of the molecule is Cc1cc(SC2CC3(CCN(C(C)C)CC3)C2)ccc1Nc1ncc2c(n1)N(C1CCCC1)C(=O)C(C)(C)C2. The molecule has 1 aromatic carbocycles. The normalized spacial score (nSPS) is 23.3. The first kappa shape index (κ1) is 27.1. The zero-order valence-electron chi connectivity index (χ0n) is 24.4. The summed E-state index contributed by atoms with van der Waals surface area (Å²) in [5.74, 6) is 1.58. The number of hydrogen-bond acceptors (Lipinski definition) is 6. The lowest BCUT2D eigenvalue weighted by molar-refractivity contribution is -0.127. The van der Waals surface area contributed by atoms with E-state index in [0.29, 0.717) is 23.8 Å². The number of likely N-dealkylation sites (tertiary alicyclic amines) is 1. The largest absolute Gasteiger partial charge is 0.324 e. The molecule has 6 rings (SSSR count). The maximum absolute atomic E-state index is 13.5. The molecule has 3 heterocycles. The molecule has 0 radical (unpaired) electrons. The average Bonchev–Trinajstić information content (AvgIpc) is 3.40. The van der Waals surface area contributed by atoms with Gasteiger partial charge in [-0.2, -0.15) is 4.98 Å². The van der Waals surface area contributed by atoms with Crippen LogP contribution in [0.5, 0.6) is 0 Å². The number of amides is 1. The molecule has 6 nitrogen and oxygen atoms in total. The molecule has 0 unspecified atom stereocenters. The average molecular weight is 548 g/mol. The monoisotopic (exact) mass is 547 g/mol. The Morgan fingerprint density at radius 3 is 2.49 bits per heavy atom. The fourth-order valence-corrected chi connectivity index (χ4v) is 8.99. The number of piperidine rings is 1. The molecule has 1 spiro atoms. The van der Waals surface area contributed by atoms with Gasteiger partial charge in [0.2, 0.25) is 11.9 Å². The maximum Gasteiger partial charge on any atom is 0.234 e. The predicted octanol–water partition coefficient (Wildman–Crippen LogP) is 7.13. The summed E-state index contributed by atoms with van der Waals surface area (Å²) < 4.78 is 0. The zero-order valence-corrected chi connectivity index (χ0v) is 25.2. The van der Waals surface area contributed by atoms with Gasteiger partial charge in [0.1, 0.15) is 5.82 Å². The molecular weight excluding hydrogens is 502 g/mol. The number of nitrogens with zero attached hydrogens (tertiary/aromatic N) is 4. The van der Waals surface area contributed by atoms with Gasteiger partial charge in [-0.05, 0) is 108 Å². The second-order valence-electron chi connectivity index (χ2n) is 13.6. The molecule has 2 aliphatic heterocycles. The van der Waals surface area contributed by atoms with Gasteiger partial charge < -0.3 is 10.2 Å². The van der Waals surface area contributed by atoms with Crippen molar-refractivity contribution in [3.63, 3.8) is 0 Å². The molecule has 1 amide bonds. The summed E-state index contributed by atoms with van der Waals surface area (Å²) in [5, 5.41) is 4.20. The van der Waals surface area contributed by atoms with Crippen LogP contribution in [0.2, 0.25) is 0 Å². The molecule has 2 saturated carbocycles. The molecule has 1 N–H and O–H groups in total. The summed E-state index contributed by atoms with van der Waals surface area (Å²) in [6, 6.07) is 7.63. The Morgan fingerprint density at radius 1 is 1.10 bits per heavy atom. The van der Waals surface area contributed by atoms with E-state index in [0.717, 1.165) is 35.2 Å². The summed E-state index contributed by atoms with van der Waals surface area (Å²) in [6.07, 6.45) is 12.6. The molecule has 3 fully saturated rings. The van der Waals surface area contributed by atoms with Crippen molar-refractivity contribution >= 4 is 35.1 Å². The smallest absolute Gasteiger partial charge is 0.234 e. The van der Waals surface area contributed by atoms with Crippen LogP contribution in [0.15, 0.2) is 29.3 Å². The fourth-order valence-electron chi connectivity index (χ4n) is 7.34. The Balaban J connectivity index is 1.11. The van der Waals surface area contributed by atoms with Gasteiger partial charge in [0, 0.05) is 45.1 Å². The van der Waals surface area contributed by atoms with Crippen LogP contribution in [0.25, 0.3) is 0 Å². The Bertz CT molecular complexity index is 1220. The lowest BCUT2D eigenvalue weighted by Crippen LogP contribution is -2.51. The van der Waals surface area contributed by atoms with Gasteiger partial charge >= 0.3 is 0 Å². The second-order valence-corrected chi connectivity index (χ2v) is 15.0. The third-order valence-electron chi connectivity index (χ3n) is 9.85. The molecule has 39 heavy (non-hydrogen) atoms. The lowest BCUT2D eigenvalue weighted by Gasteiger charge is -2.52. The first-order chi connectivity index (χ1) is 18.6. The van der Waals surface area contributed by atoms with Crippen LogP contribution in [0, 0.1) is 17.8 Å². The number of aryl methyl sites for hydroxylation is 1. The van der Waals surface area contributed by atoms with E-state index in [2.05, 4.69) is 65.9 Å². The number of carbonyl (C=O) groups is 1. The number of fused-ring (bicyclic) bond motifs is 1. The lowest BCUT2D eigenvalue weighted by atomic mass is 9.63. The number of aromatic nitrogens is 2. The number of anilines is 3. The highest BCUT2D eigenvalue weighted by molar-refractivity contribution is 8.00. The van der Waals surface area contributed by atoms with Crippen molar-refractivity contribution in [3.8, 4) is 0 Å². The van der Waals surface area contributed by atoms with Crippen LogP contribution in [0.1, 0.15) is 90.2 Å². The van der Waals surface area contributed by atoms with Crippen LogP contribution in [0.3, 0.4) is 0 Å². The van der Waals surface area contributed by atoms with Crippen LogP contribution >= 0.6 is 11.8 Å². The van der Waals surface area contributed by atoms with E-state index in [9.17, 15) is 4.79 Å². The second kappa shape index (κ2) is 10.4. The summed E-state index contributed by atoms with van der Waals surface area (Å²) in [6.45, 7) is 13.4. The Hall–Kier alpha value is -2.12. The highest BCUT2D eigenvalue weighted by Gasteiger charge is 2.46. The topological polar surface area (TPSA) is 61.4 Å². The molecular formula is C32H45N5OS. The molecule has 4 aliphatic rings. The Morgan fingerprint density at radius 2 is 1.82 bits per heavy atom. The number of nitrogens with one attached hydrogen (secondary N) is 1. The van der Waals surface area contributed by atoms with Crippen LogP contribution in [-0.4, -0.2) is 51.2 Å². The van der Waals surface area contributed by atoms with Crippen LogP contribution in [-0.2, 0) is 11.2 Å². The highest BCUT2D eigenvalue weighted by Crippen LogP contribution is 2.55. The highest BCUT2D eigenvalue weighted by atomic mass is 32.2. The van der Waals surface area contributed by atoms with Gasteiger partial charge in [-0.3, -0.25) is 9.69 Å².